The number of hydrogen-bond acceptors (Lipinski definition) is 5. The molecule has 1 aromatic rings. The van der Waals surface area contributed by atoms with E-state index in [1.807, 2.05) is 12.1 Å². The molecule has 2 N–H and O–H groups in total. The molecule has 0 aromatic carbocycles. The van der Waals surface area contributed by atoms with E-state index in [0.29, 0.717) is 6.54 Å². The summed E-state index contributed by atoms with van der Waals surface area (Å²) < 4.78 is 5.13. The molecule has 0 aliphatic heterocycles. The summed E-state index contributed by atoms with van der Waals surface area (Å²) >= 11 is 0. The highest BCUT2D eigenvalue weighted by molar-refractivity contribution is 5.85. The first kappa shape index (κ1) is 20.7. The van der Waals surface area contributed by atoms with Crippen LogP contribution in [0.15, 0.2) is 18.3 Å². The monoisotopic (exact) mass is 350 g/mol. The molecule has 0 aliphatic carbocycles. The van der Waals surface area contributed by atoms with Gasteiger partial charge in [0.2, 0.25) is 5.91 Å². The van der Waals surface area contributed by atoms with Crippen molar-refractivity contribution < 1.29 is 14.3 Å². The molecule has 0 saturated heterocycles. The average molecular weight is 350 g/mol. The van der Waals surface area contributed by atoms with Crippen LogP contribution in [0.4, 0.5) is 10.6 Å². The largest absolute Gasteiger partial charge is 0.444 e. The number of pyridine rings is 1. The standard InChI is InChI=1S/C18H30N4O3/c1-7-22(8-2)15-10-9-14(11-19-15)12-20-16(23)13(3)21-17(24)25-18(4,5)6/h9-11,13H,7-8,12H2,1-6H3,(H,20,23)(H,21,24). The number of alkyl carbamates (subject to hydrolysis) is 1. The molecule has 2 amide bonds. The number of anilines is 1. The molecule has 0 bridgehead atoms. The maximum absolute atomic E-state index is 12.1. The number of nitrogens with zero attached hydrogens (tertiary/aromatic N) is 2. The van der Waals surface area contributed by atoms with Crippen LogP contribution in [0.5, 0.6) is 0 Å². The van der Waals surface area contributed by atoms with Gasteiger partial charge in [0.1, 0.15) is 17.5 Å². The summed E-state index contributed by atoms with van der Waals surface area (Å²) in [6.45, 7) is 13.2. The Hall–Kier alpha value is -2.31. The number of aromatic nitrogens is 1. The van der Waals surface area contributed by atoms with E-state index in [-0.39, 0.29) is 5.91 Å². The summed E-state index contributed by atoms with van der Waals surface area (Å²) in [7, 11) is 0. The molecule has 1 unspecified atom stereocenters. The molecule has 0 spiro atoms. The number of ether oxygens (including phenoxy) is 1. The molecule has 0 saturated carbocycles. The minimum absolute atomic E-state index is 0.279. The molecule has 1 aromatic heterocycles. The second-order valence-corrected chi connectivity index (χ2v) is 6.78. The first-order valence-corrected chi connectivity index (χ1v) is 8.63. The third-order valence-electron chi connectivity index (χ3n) is 3.49. The third-order valence-corrected chi connectivity index (χ3v) is 3.49. The molecule has 1 atom stereocenters. The van der Waals surface area contributed by atoms with E-state index >= 15 is 0 Å². The number of hydrogen-bond donors (Lipinski definition) is 2. The lowest BCUT2D eigenvalue weighted by Crippen LogP contribution is -2.46. The van der Waals surface area contributed by atoms with Crippen molar-refractivity contribution in [1.82, 2.24) is 15.6 Å². The van der Waals surface area contributed by atoms with Crippen LogP contribution < -0.4 is 15.5 Å². The van der Waals surface area contributed by atoms with Crippen LogP contribution in [-0.4, -0.2) is 41.7 Å². The van der Waals surface area contributed by atoms with Crippen molar-refractivity contribution in [3.63, 3.8) is 0 Å². The fraction of sp³-hybridized carbons (Fsp3) is 0.611. The van der Waals surface area contributed by atoms with E-state index in [1.54, 1.807) is 33.9 Å². The zero-order chi connectivity index (χ0) is 19.0. The van der Waals surface area contributed by atoms with Gasteiger partial charge in [0.25, 0.3) is 0 Å². The number of carbonyl (C=O) groups excluding carboxylic acids is 2. The van der Waals surface area contributed by atoms with Crippen molar-refractivity contribution in [3.05, 3.63) is 23.9 Å². The van der Waals surface area contributed by atoms with Gasteiger partial charge in [-0.25, -0.2) is 9.78 Å². The Morgan fingerprint density at radius 3 is 2.36 bits per heavy atom. The molecule has 0 fully saturated rings. The van der Waals surface area contributed by atoms with E-state index in [9.17, 15) is 9.59 Å². The maximum Gasteiger partial charge on any atom is 0.408 e. The molecule has 7 heteroatoms. The van der Waals surface area contributed by atoms with E-state index in [1.165, 1.54) is 0 Å². The number of nitrogens with one attached hydrogen (secondary N) is 2. The van der Waals surface area contributed by atoms with E-state index in [2.05, 4.69) is 34.4 Å². The normalized spacial score (nSPS) is 12.2. The second kappa shape index (κ2) is 9.25. The van der Waals surface area contributed by atoms with E-state index in [0.717, 1.165) is 24.5 Å². The van der Waals surface area contributed by atoms with Gasteiger partial charge < -0.3 is 20.3 Å². The zero-order valence-electron chi connectivity index (χ0n) is 16.0. The van der Waals surface area contributed by atoms with Gasteiger partial charge in [0.15, 0.2) is 0 Å². The Kier molecular flexibility index (Phi) is 7.67. The van der Waals surface area contributed by atoms with Gasteiger partial charge in [-0.05, 0) is 53.2 Å². The summed E-state index contributed by atoms with van der Waals surface area (Å²) in [5, 5.41) is 5.30. The first-order valence-electron chi connectivity index (χ1n) is 8.63. The van der Waals surface area contributed by atoms with Gasteiger partial charge in [0, 0.05) is 25.8 Å². The maximum atomic E-state index is 12.1. The SMILES string of the molecule is CCN(CC)c1ccc(CNC(=O)C(C)NC(=O)OC(C)(C)C)cn1. The van der Waals surface area contributed by atoms with Crippen molar-refractivity contribution >= 4 is 17.8 Å². The summed E-state index contributed by atoms with van der Waals surface area (Å²) in [6.07, 6.45) is 1.14. The molecule has 0 aliphatic rings. The Morgan fingerprint density at radius 2 is 1.88 bits per heavy atom. The first-order chi connectivity index (χ1) is 11.7. The van der Waals surface area contributed by atoms with Crippen LogP contribution in [0.1, 0.15) is 47.1 Å². The summed E-state index contributed by atoms with van der Waals surface area (Å²) in [4.78, 5) is 30.3. The highest BCUT2D eigenvalue weighted by Crippen LogP contribution is 2.11. The van der Waals surface area contributed by atoms with Crippen molar-refractivity contribution in [3.8, 4) is 0 Å². The fourth-order valence-electron chi connectivity index (χ4n) is 2.15. The molecular weight excluding hydrogens is 320 g/mol. The summed E-state index contributed by atoms with van der Waals surface area (Å²) in [6, 6.07) is 3.20. The number of carbonyl (C=O) groups is 2. The predicted octanol–water partition coefficient (Wildman–Crippen LogP) is 2.46. The van der Waals surface area contributed by atoms with Gasteiger partial charge in [-0.3, -0.25) is 4.79 Å². The zero-order valence-corrected chi connectivity index (χ0v) is 16.0. The van der Waals surface area contributed by atoms with Crippen LogP contribution >= 0.6 is 0 Å². The lowest BCUT2D eigenvalue weighted by molar-refractivity contribution is -0.122. The van der Waals surface area contributed by atoms with Crippen LogP contribution in [0.3, 0.4) is 0 Å². The topological polar surface area (TPSA) is 83.6 Å². The molecule has 25 heavy (non-hydrogen) atoms. The van der Waals surface area contributed by atoms with Crippen molar-refractivity contribution in [1.29, 1.82) is 0 Å². The van der Waals surface area contributed by atoms with Crippen LogP contribution in [0.25, 0.3) is 0 Å². The molecule has 1 rings (SSSR count). The van der Waals surface area contributed by atoms with Crippen LogP contribution in [0.2, 0.25) is 0 Å². The number of amides is 2. The molecule has 7 nitrogen and oxygen atoms in total. The Labute approximate surface area is 150 Å². The highest BCUT2D eigenvalue weighted by atomic mass is 16.6. The van der Waals surface area contributed by atoms with Crippen LogP contribution in [-0.2, 0) is 16.1 Å². The Balaban J connectivity index is 2.49. The highest BCUT2D eigenvalue weighted by Gasteiger charge is 2.20. The third kappa shape index (κ3) is 7.41. The Morgan fingerprint density at radius 1 is 1.24 bits per heavy atom. The summed E-state index contributed by atoms with van der Waals surface area (Å²) in [5.74, 6) is 0.638. The lowest BCUT2D eigenvalue weighted by atomic mass is 10.2. The van der Waals surface area contributed by atoms with Gasteiger partial charge in [-0.15, -0.1) is 0 Å². The predicted molar refractivity (Wildman–Crippen MR) is 98.5 cm³/mol. The van der Waals surface area contributed by atoms with Gasteiger partial charge >= 0.3 is 6.09 Å². The minimum Gasteiger partial charge on any atom is -0.444 e. The quantitative estimate of drug-likeness (QED) is 0.789. The van der Waals surface area contributed by atoms with Gasteiger partial charge in [-0.2, -0.15) is 0 Å². The summed E-state index contributed by atoms with van der Waals surface area (Å²) in [5.41, 5.74) is 0.298. The average Bonchev–Trinajstić information content (AvgIpc) is 2.53. The second-order valence-electron chi connectivity index (χ2n) is 6.78. The van der Waals surface area contributed by atoms with Crippen LogP contribution in [0, 0.1) is 0 Å². The van der Waals surface area contributed by atoms with E-state index in [4.69, 9.17) is 4.74 Å². The van der Waals surface area contributed by atoms with Crippen molar-refractivity contribution in [2.45, 2.75) is 59.7 Å². The smallest absolute Gasteiger partial charge is 0.408 e. The Bertz CT molecular complexity index is 563. The minimum atomic E-state index is -0.683. The molecule has 0 radical (unpaired) electrons. The molecular formula is C18H30N4O3. The van der Waals surface area contributed by atoms with E-state index < -0.39 is 17.7 Å². The van der Waals surface area contributed by atoms with Crippen molar-refractivity contribution in [2.24, 2.45) is 0 Å². The molecule has 140 valence electrons. The fourth-order valence-corrected chi connectivity index (χ4v) is 2.15. The molecule has 1 heterocycles. The van der Waals surface area contributed by atoms with Crippen molar-refractivity contribution in [2.75, 3.05) is 18.0 Å². The number of rotatable bonds is 7. The van der Waals surface area contributed by atoms with Gasteiger partial charge in [0.05, 0.1) is 0 Å². The van der Waals surface area contributed by atoms with Gasteiger partial charge in [-0.1, -0.05) is 6.07 Å². The lowest BCUT2D eigenvalue weighted by Gasteiger charge is -2.21.